The van der Waals surface area contributed by atoms with Gasteiger partial charge in [-0.3, -0.25) is 10.1 Å². The third-order valence-electron chi connectivity index (χ3n) is 3.92. The molecule has 1 aliphatic carbocycles. The van der Waals surface area contributed by atoms with Crippen LogP contribution in [0, 0.1) is 5.92 Å². The molecule has 1 atom stereocenters. The van der Waals surface area contributed by atoms with Crippen LogP contribution in [-0.2, 0) is 11.2 Å². The van der Waals surface area contributed by atoms with Gasteiger partial charge >= 0.3 is 5.97 Å². The van der Waals surface area contributed by atoms with Crippen molar-refractivity contribution in [2.24, 2.45) is 5.92 Å². The Hall–Kier alpha value is -1.55. The number of carboxylic acid groups (broad SMARTS) is 1. The molecule has 0 aliphatic heterocycles. The number of aryl methyl sites for hydroxylation is 1. The molecule has 4 nitrogen and oxygen atoms in total. The lowest BCUT2D eigenvalue weighted by atomic mass is 9.94. The summed E-state index contributed by atoms with van der Waals surface area (Å²) in [7, 11) is 0. The van der Waals surface area contributed by atoms with E-state index in [9.17, 15) is 9.90 Å². The minimum atomic E-state index is -0.947. The van der Waals surface area contributed by atoms with Crippen LogP contribution in [0.1, 0.15) is 32.3 Å². The number of hydrogen-bond donors (Lipinski definition) is 2. The molecule has 0 spiro atoms. The zero-order valence-corrected chi connectivity index (χ0v) is 12.2. The van der Waals surface area contributed by atoms with Crippen LogP contribution in [0.25, 0.3) is 0 Å². The van der Waals surface area contributed by atoms with E-state index >= 15 is 0 Å². The fraction of sp³-hybridized carbons (Fsp3) is 0.562. The number of nitrogens with one attached hydrogen (secondary N) is 1. The Bertz CT molecular complexity index is 471. The van der Waals surface area contributed by atoms with Gasteiger partial charge in [-0.1, -0.05) is 26.0 Å². The van der Waals surface area contributed by atoms with Crippen molar-refractivity contribution in [3.63, 3.8) is 0 Å². The van der Waals surface area contributed by atoms with Gasteiger partial charge in [-0.25, -0.2) is 0 Å². The highest BCUT2D eigenvalue weighted by atomic mass is 16.5. The third kappa shape index (κ3) is 3.12. The minimum Gasteiger partial charge on any atom is -0.491 e. The van der Waals surface area contributed by atoms with Crippen LogP contribution in [-0.4, -0.2) is 29.8 Å². The second-order valence-electron chi connectivity index (χ2n) is 5.37. The molecule has 0 aromatic heterocycles. The average molecular weight is 277 g/mol. The normalized spacial score (nSPS) is 17.5. The third-order valence-corrected chi connectivity index (χ3v) is 3.92. The quantitative estimate of drug-likeness (QED) is 0.766. The number of carbonyl (C=O) groups is 1. The SMILES string of the molecule is CCNC(COc1cccc(CC)c1)(C(=O)O)C1CC1. The smallest absolute Gasteiger partial charge is 0.327 e. The van der Waals surface area contributed by atoms with E-state index < -0.39 is 11.5 Å². The van der Waals surface area contributed by atoms with Crippen LogP contribution in [0.5, 0.6) is 5.75 Å². The molecule has 1 saturated carbocycles. The monoisotopic (exact) mass is 277 g/mol. The van der Waals surface area contributed by atoms with Crippen molar-refractivity contribution in [1.82, 2.24) is 5.32 Å². The van der Waals surface area contributed by atoms with Gasteiger partial charge in [0.1, 0.15) is 12.4 Å². The summed E-state index contributed by atoms with van der Waals surface area (Å²) in [6.45, 7) is 4.82. The summed E-state index contributed by atoms with van der Waals surface area (Å²) in [5.41, 5.74) is 0.245. The highest BCUT2D eigenvalue weighted by molar-refractivity contribution is 5.80. The van der Waals surface area contributed by atoms with Gasteiger partial charge in [0.2, 0.25) is 0 Å². The fourth-order valence-corrected chi connectivity index (χ4v) is 2.57. The maximum atomic E-state index is 11.7. The molecular formula is C16H23NO3. The second-order valence-corrected chi connectivity index (χ2v) is 5.37. The topological polar surface area (TPSA) is 58.6 Å². The Morgan fingerprint density at radius 2 is 2.20 bits per heavy atom. The highest BCUT2D eigenvalue weighted by Gasteiger charge is 2.51. The van der Waals surface area contributed by atoms with Gasteiger partial charge in [-0.05, 0) is 49.4 Å². The summed E-state index contributed by atoms with van der Waals surface area (Å²) < 4.78 is 5.79. The Labute approximate surface area is 120 Å². The Morgan fingerprint density at radius 3 is 2.75 bits per heavy atom. The van der Waals surface area contributed by atoms with Crippen molar-refractivity contribution in [3.05, 3.63) is 29.8 Å². The molecule has 1 aromatic carbocycles. The number of aliphatic carboxylic acids is 1. The van der Waals surface area contributed by atoms with E-state index in [2.05, 4.69) is 12.2 Å². The van der Waals surface area contributed by atoms with Gasteiger partial charge in [0.15, 0.2) is 5.54 Å². The Kier molecular flexibility index (Phi) is 4.65. The first-order chi connectivity index (χ1) is 9.62. The number of likely N-dealkylation sites (N-methyl/N-ethyl adjacent to an activating group) is 1. The lowest BCUT2D eigenvalue weighted by Crippen LogP contribution is -2.58. The van der Waals surface area contributed by atoms with Gasteiger partial charge in [-0.15, -0.1) is 0 Å². The first-order valence-electron chi connectivity index (χ1n) is 7.32. The first kappa shape index (κ1) is 14.9. The molecule has 2 rings (SSSR count). The van der Waals surface area contributed by atoms with Crippen molar-refractivity contribution in [3.8, 4) is 5.75 Å². The van der Waals surface area contributed by atoms with E-state index in [-0.39, 0.29) is 12.5 Å². The van der Waals surface area contributed by atoms with Gasteiger partial charge in [0.25, 0.3) is 0 Å². The van der Waals surface area contributed by atoms with Crippen molar-refractivity contribution < 1.29 is 14.6 Å². The molecule has 0 heterocycles. The molecule has 1 unspecified atom stereocenters. The molecule has 0 amide bonds. The molecule has 4 heteroatoms. The van der Waals surface area contributed by atoms with Crippen LogP contribution < -0.4 is 10.1 Å². The van der Waals surface area contributed by atoms with Crippen LogP contribution in [0.4, 0.5) is 0 Å². The van der Waals surface area contributed by atoms with Gasteiger partial charge in [-0.2, -0.15) is 0 Å². The molecule has 1 fully saturated rings. The number of hydrogen-bond acceptors (Lipinski definition) is 3. The van der Waals surface area contributed by atoms with Crippen LogP contribution in [0.3, 0.4) is 0 Å². The summed E-state index contributed by atoms with van der Waals surface area (Å²) in [5, 5.41) is 12.7. The fourth-order valence-electron chi connectivity index (χ4n) is 2.57. The number of rotatable bonds is 8. The molecule has 0 radical (unpaired) electrons. The van der Waals surface area contributed by atoms with Gasteiger partial charge in [0, 0.05) is 0 Å². The minimum absolute atomic E-state index is 0.175. The van der Waals surface area contributed by atoms with E-state index in [1.165, 1.54) is 5.56 Å². The summed E-state index contributed by atoms with van der Waals surface area (Å²) >= 11 is 0. The lowest BCUT2D eigenvalue weighted by molar-refractivity contribution is -0.147. The largest absolute Gasteiger partial charge is 0.491 e. The zero-order valence-electron chi connectivity index (χ0n) is 12.2. The predicted octanol–water partition coefficient (Wildman–Crippen LogP) is 2.47. The van der Waals surface area contributed by atoms with Crippen LogP contribution >= 0.6 is 0 Å². The molecule has 1 aliphatic rings. The maximum absolute atomic E-state index is 11.7. The van der Waals surface area contributed by atoms with E-state index in [0.717, 1.165) is 25.0 Å². The van der Waals surface area contributed by atoms with E-state index in [4.69, 9.17) is 4.74 Å². The summed E-state index contributed by atoms with van der Waals surface area (Å²) in [6, 6.07) is 7.85. The molecule has 110 valence electrons. The predicted molar refractivity (Wildman–Crippen MR) is 78.1 cm³/mol. The molecule has 0 saturated heterocycles. The van der Waals surface area contributed by atoms with Gasteiger partial charge < -0.3 is 9.84 Å². The van der Waals surface area contributed by atoms with Crippen LogP contribution in [0.2, 0.25) is 0 Å². The zero-order chi connectivity index (χ0) is 14.6. The second kappa shape index (κ2) is 6.27. The van der Waals surface area contributed by atoms with Gasteiger partial charge in [0.05, 0.1) is 0 Å². The summed E-state index contributed by atoms with van der Waals surface area (Å²) in [4.78, 5) is 11.7. The number of ether oxygens (including phenoxy) is 1. The van der Waals surface area contributed by atoms with E-state index in [0.29, 0.717) is 6.54 Å². The van der Waals surface area contributed by atoms with Crippen molar-refractivity contribution in [2.75, 3.05) is 13.2 Å². The lowest BCUT2D eigenvalue weighted by Gasteiger charge is -2.30. The number of benzene rings is 1. The average Bonchev–Trinajstić information content (AvgIpc) is 3.28. The molecule has 0 bridgehead atoms. The molecular weight excluding hydrogens is 254 g/mol. The molecule has 1 aromatic rings. The maximum Gasteiger partial charge on any atom is 0.327 e. The summed E-state index contributed by atoms with van der Waals surface area (Å²) in [5.74, 6) is 0.108. The van der Waals surface area contributed by atoms with E-state index in [1.807, 2.05) is 31.2 Å². The summed E-state index contributed by atoms with van der Waals surface area (Å²) in [6.07, 6.45) is 2.85. The molecule has 20 heavy (non-hydrogen) atoms. The molecule has 2 N–H and O–H groups in total. The standard InChI is InChI=1S/C16H23NO3/c1-3-12-6-5-7-14(10-12)20-11-16(15(18)19,17-4-2)13-8-9-13/h5-7,10,13,17H,3-4,8-9,11H2,1-2H3,(H,18,19). The van der Waals surface area contributed by atoms with Crippen molar-refractivity contribution in [1.29, 1.82) is 0 Å². The van der Waals surface area contributed by atoms with Crippen LogP contribution in [0.15, 0.2) is 24.3 Å². The first-order valence-corrected chi connectivity index (χ1v) is 7.32. The highest BCUT2D eigenvalue weighted by Crippen LogP contribution is 2.40. The Morgan fingerprint density at radius 1 is 1.45 bits per heavy atom. The van der Waals surface area contributed by atoms with Crippen molar-refractivity contribution in [2.45, 2.75) is 38.6 Å². The van der Waals surface area contributed by atoms with E-state index in [1.54, 1.807) is 0 Å². The van der Waals surface area contributed by atoms with Crippen molar-refractivity contribution >= 4 is 5.97 Å². The Balaban J connectivity index is 2.09. The number of carboxylic acids is 1.